The average Bonchev–Trinajstić information content (AvgIpc) is 3.12. The predicted molar refractivity (Wildman–Crippen MR) is 123 cm³/mol. The molecule has 0 saturated carbocycles. The molecule has 0 saturated heterocycles. The summed E-state index contributed by atoms with van der Waals surface area (Å²) in [7, 11) is 1.50. The van der Waals surface area contributed by atoms with Crippen molar-refractivity contribution in [2.45, 2.75) is 17.3 Å². The lowest BCUT2D eigenvalue weighted by Gasteiger charge is -2.18. The summed E-state index contributed by atoms with van der Waals surface area (Å²) in [6, 6.07) is 9.33. The van der Waals surface area contributed by atoms with Crippen LogP contribution in [0.5, 0.6) is 11.5 Å². The maximum absolute atomic E-state index is 13.4. The van der Waals surface area contributed by atoms with Gasteiger partial charge in [0.15, 0.2) is 16.7 Å². The van der Waals surface area contributed by atoms with Crippen molar-refractivity contribution in [3.63, 3.8) is 0 Å². The van der Waals surface area contributed by atoms with Crippen molar-refractivity contribution >= 4 is 27.7 Å². The fourth-order valence-electron chi connectivity index (χ4n) is 2.99. The second kappa shape index (κ2) is 10.6. The Hall–Kier alpha value is -2.92. The van der Waals surface area contributed by atoms with E-state index in [1.54, 1.807) is 41.8 Å². The number of hydrogen-bond donors (Lipinski definition) is 0. The topological polar surface area (TPSA) is 92.3 Å². The maximum atomic E-state index is 13.4. The summed E-state index contributed by atoms with van der Waals surface area (Å²) < 4.78 is 26.8. The molecule has 0 spiro atoms. The molecule has 1 aromatic heterocycles. The minimum atomic E-state index is -0.605. The van der Waals surface area contributed by atoms with Crippen molar-refractivity contribution in [3.8, 4) is 17.2 Å². The van der Waals surface area contributed by atoms with Crippen molar-refractivity contribution in [3.05, 3.63) is 80.8 Å². The number of nitro groups is 1. The zero-order valence-electron chi connectivity index (χ0n) is 17.3. The standard InChI is InChI=1S/C21H20BrFN4O4S/c1-4-9-31-20-17(22)10-14(11-18(20)30-3)19(12-26(28)29)32-21-25-24-13(2)27(21)16-7-5-15(23)6-8-16/h4-8,10-11,19H,1,9,12H2,2-3H3/t19-/m1/s1. The number of benzene rings is 2. The Morgan fingerprint density at radius 1 is 1.34 bits per heavy atom. The molecule has 168 valence electrons. The Balaban J connectivity index is 2.01. The highest BCUT2D eigenvalue weighted by molar-refractivity contribution is 9.10. The van der Waals surface area contributed by atoms with Gasteiger partial charge < -0.3 is 9.47 Å². The molecule has 0 bridgehead atoms. The third-order valence-corrected chi connectivity index (χ3v) is 6.18. The van der Waals surface area contributed by atoms with Crippen LogP contribution in [0, 0.1) is 22.9 Å². The molecule has 3 aromatic rings. The molecule has 0 amide bonds. The van der Waals surface area contributed by atoms with Crippen LogP contribution >= 0.6 is 27.7 Å². The monoisotopic (exact) mass is 522 g/mol. The van der Waals surface area contributed by atoms with E-state index in [2.05, 4.69) is 32.7 Å². The number of aromatic nitrogens is 3. The number of ether oxygens (including phenoxy) is 2. The highest BCUT2D eigenvalue weighted by Gasteiger charge is 2.26. The van der Waals surface area contributed by atoms with Gasteiger partial charge >= 0.3 is 0 Å². The van der Waals surface area contributed by atoms with Gasteiger partial charge in [0.2, 0.25) is 6.54 Å². The largest absolute Gasteiger partial charge is 0.493 e. The van der Waals surface area contributed by atoms with E-state index in [0.717, 1.165) is 0 Å². The number of nitrogens with zero attached hydrogens (tertiary/aromatic N) is 4. The quantitative estimate of drug-likeness (QED) is 0.157. The van der Waals surface area contributed by atoms with E-state index in [0.29, 0.717) is 38.2 Å². The summed E-state index contributed by atoms with van der Waals surface area (Å²) in [5.74, 6) is 1.12. The molecule has 8 nitrogen and oxygen atoms in total. The molecule has 0 radical (unpaired) electrons. The minimum absolute atomic E-state index is 0.279. The van der Waals surface area contributed by atoms with Gasteiger partial charge in [-0.1, -0.05) is 24.4 Å². The molecule has 1 atom stereocenters. The molecule has 0 fully saturated rings. The van der Waals surface area contributed by atoms with Gasteiger partial charge in [0, 0.05) is 10.6 Å². The van der Waals surface area contributed by atoms with Crippen LogP contribution in [0.3, 0.4) is 0 Å². The van der Waals surface area contributed by atoms with Gasteiger partial charge in [-0.05, 0) is 64.8 Å². The highest BCUT2D eigenvalue weighted by Crippen LogP contribution is 2.43. The molecule has 2 aromatic carbocycles. The van der Waals surface area contributed by atoms with Crippen molar-refractivity contribution in [1.82, 2.24) is 14.8 Å². The lowest BCUT2D eigenvalue weighted by atomic mass is 10.1. The van der Waals surface area contributed by atoms with Gasteiger partial charge in [0.1, 0.15) is 23.5 Å². The van der Waals surface area contributed by atoms with Crippen LogP contribution in [0.1, 0.15) is 16.6 Å². The molecule has 11 heteroatoms. The van der Waals surface area contributed by atoms with Gasteiger partial charge in [-0.3, -0.25) is 14.7 Å². The third-order valence-electron chi connectivity index (χ3n) is 4.41. The van der Waals surface area contributed by atoms with Crippen molar-refractivity contribution in [2.75, 3.05) is 20.3 Å². The van der Waals surface area contributed by atoms with Crippen LogP contribution in [0.15, 0.2) is 58.7 Å². The first-order chi connectivity index (χ1) is 15.3. The van der Waals surface area contributed by atoms with Crippen LogP contribution in [-0.4, -0.2) is 39.9 Å². The van der Waals surface area contributed by atoms with E-state index in [-0.39, 0.29) is 23.9 Å². The van der Waals surface area contributed by atoms with Crippen LogP contribution in [0.25, 0.3) is 5.69 Å². The third kappa shape index (κ3) is 5.46. The van der Waals surface area contributed by atoms with E-state index < -0.39 is 5.25 Å². The number of rotatable bonds is 10. The summed E-state index contributed by atoms with van der Waals surface area (Å²) in [5, 5.41) is 19.6. The SMILES string of the molecule is C=CCOc1c(Br)cc([C@@H](C[N+](=O)[O-])Sc2nnc(C)n2-c2ccc(F)cc2)cc1OC. The van der Waals surface area contributed by atoms with E-state index in [9.17, 15) is 14.5 Å². The first kappa shape index (κ1) is 23.7. The Bertz CT molecular complexity index is 1120. The Labute approximate surface area is 196 Å². The Morgan fingerprint density at radius 3 is 2.69 bits per heavy atom. The molecule has 3 rings (SSSR count). The molecule has 32 heavy (non-hydrogen) atoms. The van der Waals surface area contributed by atoms with E-state index in [1.807, 2.05) is 0 Å². The molecule has 0 aliphatic carbocycles. The number of methoxy groups -OCH3 is 1. The molecule has 0 unspecified atom stereocenters. The molecular formula is C21H20BrFN4O4S. The molecule has 0 aliphatic rings. The minimum Gasteiger partial charge on any atom is -0.493 e. The number of thioether (sulfide) groups is 1. The van der Waals surface area contributed by atoms with E-state index in [4.69, 9.17) is 9.47 Å². The Kier molecular flexibility index (Phi) is 7.86. The molecular weight excluding hydrogens is 503 g/mol. The van der Waals surface area contributed by atoms with Crippen LogP contribution in [0.4, 0.5) is 4.39 Å². The zero-order chi connectivity index (χ0) is 23.3. The first-order valence-electron chi connectivity index (χ1n) is 9.41. The number of hydrogen-bond acceptors (Lipinski definition) is 7. The lowest BCUT2D eigenvalue weighted by Crippen LogP contribution is -2.12. The summed E-state index contributed by atoms with van der Waals surface area (Å²) in [5.41, 5.74) is 1.30. The summed E-state index contributed by atoms with van der Waals surface area (Å²) in [4.78, 5) is 11.1. The maximum Gasteiger partial charge on any atom is 0.220 e. The summed E-state index contributed by atoms with van der Waals surface area (Å²) >= 11 is 4.65. The van der Waals surface area contributed by atoms with Gasteiger partial charge in [-0.2, -0.15) is 0 Å². The van der Waals surface area contributed by atoms with Crippen LogP contribution in [0.2, 0.25) is 0 Å². The fraction of sp³-hybridized carbons (Fsp3) is 0.238. The second-order valence-electron chi connectivity index (χ2n) is 6.60. The predicted octanol–water partition coefficient (Wildman–Crippen LogP) is 5.16. The fourth-order valence-corrected chi connectivity index (χ4v) is 4.72. The Morgan fingerprint density at radius 2 is 2.06 bits per heavy atom. The zero-order valence-corrected chi connectivity index (χ0v) is 19.7. The van der Waals surface area contributed by atoms with Gasteiger partial charge in [0.25, 0.3) is 0 Å². The smallest absolute Gasteiger partial charge is 0.220 e. The number of aryl methyl sites for hydroxylation is 1. The van der Waals surface area contributed by atoms with Crippen LogP contribution < -0.4 is 9.47 Å². The lowest BCUT2D eigenvalue weighted by molar-refractivity contribution is -0.479. The first-order valence-corrected chi connectivity index (χ1v) is 11.1. The summed E-state index contributed by atoms with van der Waals surface area (Å²) in [6.07, 6.45) is 1.61. The van der Waals surface area contributed by atoms with Gasteiger partial charge in [0.05, 0.1) is 11.6 Å². The highest BCUT2D eigenvalue weighted by atomic mass is 79.9. The number of halogens is 2. The van der Waals surface area contributed by atoms with Crippen molar-refractivity contribution in [2.24, 2.45) is 0 Å². The van der Waals surface area contributed by atoms with E-state index >= 15 is 0 Å². The van der Waals surface area contributed by atoms with E-state index in [1.165, 1.54) is 31.0 Å². The summed E-state index contributed by atoms with van der Waals surface area (Å²) in [6.45, 7) is 5.31. The molecule has 0 N–H and O–H groups in total. The van der Waals surface area contributed by atoms with Gasteiger partial charge in [-0.25, -0.2) is 4.39 Å². The molecule has 0 aliphatic heterocycles. The normalized spacial score (nSPS) is 11.8. The molecule has 1 heterocycles. The van der Waals surface area contributed by atoms with Crippen molar-refractivity contribution < 1.29 is 18.8 Å². The van der Waals surface area contributed by atoms with Crippen molar-refractivity contribution in [1.29, 1.82) is 0 Å². The van der Waals surface area contributed by atoms with Gasteiger partial charge in [-0.15, -0.1) is 10.2 Å². The average molecular weight is 523 g/mol. The second-order valence-corrected chi connectivity index (χ2v) is 8.62. The van der Waals surface area contributed by atoms with Crippen LogP contribution in [-0.2, 0) is 0 Å².